The number of halogens is 1. The van der Waals surface area contributed by atoms with Gasteiger partial charge in [0.25, 0.3) is 5.91 Å². The first-order chi connectivity index (χ1) is 17.1. The summed E-state index contributed by atoms with van der Waals surface area (Å²) in [5, 5.41) is 4.75. The molecule has 0 aromatic heterocycles. The van der Waals surface area contributed by atoms with E-state index in [4.69, 9.17) is 21.1 Å². The lowest BCUT2D eigenvalue weighted by Gasteiger charge is -2.10. The normalized spacial score (nSPS) is 10.8. The summed E-state index contributed by atoms with van der Waals surface area (Å²) in [6.07, 6.45) is 1.58. The Balaban J connectivity index is 1.30. The van der Waals surface area contributed by atoms with Gasteiger partial charge in [-0.1, -0.05) is 65.7 Å². The SMILES string of the molecule is Cc1ccc(COc2ccc(/C=N/NC(=O)c3ccccc3OCc3ccc(Cl)cc3)cc2)cc1. The molecule has 0 radical (unpaired) electrons. The average Bonchev–Trinajstić information content (AvgIpc) is 2.89. The van der Waals surface area contributed by atoms with Gasteiger partial charge in [0.2, 0.25) is 0 Å². The van der Waals surface area contributed by atoms with E-state index in [1.165, 1.54) is 5.56 Å². The monoisotopic (exact) mass is 484 g/mol. The molecule has 1 amide bonds. The molecule has 0 heterocycles. The summed E-state index contributed by atoms with van der Waals surface area (Å²) in [7, 11) is 0. The van der Waals surface area contributed by atoms with Crippen LogP contribution in [0, 0.1) is 6.92 Å². The Morgan fingerprint density at radius 2 is 1.46 bits per heavy atom. The molecule has 0 saturated heterocycles. The van der Waals surface area contributed by atoms with Gasteiger partial charge in [-0.3, -0.25) is 4.79 Å². The van der Waals surface area contributed by atoms with E-state index in [-0.39, 0.29) is 5.91 Å². The van der Waals surface area contributed by atoms with E-state index in [1.54, 1.807) is 36.5 Å². The highest BCUT2D eigenvalue weighted by molar-refractivity contribution is 6.30. The van der Waals surface area contributed by atoms with Crippen molar-refractivity contribution in [2.75, 3.05) is 0 Å². The van der Waals surface area contributed by atoms with Gasteiger partial charge in [-0.2, -0.15) is 5.10 Å². The van der Waals surface area contributed by atoms with Gasteiger partial charge in [-0.15, -0.1) is 0 Å². The lowest BCUT2D eigenvalue weighted by molar-refractivity contribution is 0.0950. The number of carbonyl (C=O) groups excluding carboxylic acids is 1. The molecule has 0 fully saturated rings. The number of benzene rings is 4. The molecule has 0 aliphatic carbocycles. The first-order valence-corrected chi connectivity index (χ1v) is 11.5. The third-order valence-electron chi connectivity index (χ3n) is 5.23. The Morgan fingerprint density at radius 3 is 2.17 bits per heavy atom. The van der Waals surface area contributed by atoms with E-state index in [0.29, 0.717) is 29.5 Å². The van der Waals surface area contributed by atoms with Crippen molar-refractivity contribution < 1.29 is 14.3 Å². The predicted molar refractivity (Wildman–Crippen MR) is 139 cm³/mol. The van der Waals surface area contributed by atoms with Crippen molar-refractivity contribution in [3.63, 3.8) is 0 Å². The molecule has 1 N–H and O–H groups in total. The average molecular weight is 485 g/mol. The minimum atomic E-state index is -0.356. The maximum atomic E-state index is 12.7. The molecule has 0 bridgehead atoms. The highest BCUT2D eigenvalue weighted by Crippen LogP contribution is 2.20. The Morgan fingerprint density at radius 1 is 0.829 bits per heavy atom. The second kappa shape index (κ2) is 11.9. The van der Waals surface area contributed by atoms with Crippen molar-refractivity contribution in [2.45, 2.75) is 20.1 Å². The van der Waals surface area contributed by atoms with Crippen molar-refractivity contribution in [1.29, 1.82) is 0 Å². The topological polar surface area (TPSA) is 59.9 Å². The summed E-state index contributed by atoms with van der Waals surface area (Å²) in [6, 6.07) is 30.2. The standard InChI is InChI=1S/C29H25ClN2O3/c1-21-6-8-23(9-7-21)19-34-26-16-12-22(13-17-26)18-31-32-29(33)27-4-2-3-5-28(27)35-20-24-10-14-25(30)15-11-24/h2-18H,19-20H2,1H3,(H,32,33)/b31-18+. The van der Waals surface area contributed by atoms with Crippen LogP contribution in [0.3, 0.4) is 0 Å². The fourth-order valence-corrected chi connectivity index (χ4v) is 3.37. The van der Waals surface area contributed by atoms with Gasteiger partial charge in [0.05, 0.1) is 11.8 Å². The summed E-state index contributed by atoms with van der Waals surface area (Å²) in [5.41, 5.74) is 7.08. The van der Waals surface area contributed by atoms with Crippen LogP contribution in [0.25, 0.3) is 0 Å². The smallest absolute Gasteiger partial charge is 0.275 e. The Bertz CT molecular complexity index is 1290. The fraction of sp³-hybridized carbons (Fsp3) is 0.103. The highest BCUT2D eigenvalue weighted by Gasteiger charge is 2.11. The van der Waals surface area contributed by atoms with E-state index < -0.39 is 0 Å². The van der Waals surface area contributed by atoms with Gasteiger partial charge in [0, 0.05) is 5.02 Å². The Kier molecular flexibility index (Phi) is 8.15. The van der Waals surface area contributed by atoms with Gasteiger partial charge >= 0.3 is 0 Å². The number of rotatable bonds is 9. The third kappa shape index (κ3) is 7.19. The molecule has 4 aromatic rings. The van der Waals surface area contributed by atoms with Gasteiger partial charge in [0.15, 0.2) is 0 Å². The first-order valence-electron chi connectivity index (χ1n) is 11.1. The number of para-hydroxylation sites is 1. The fourth-order valence-electron chi connectivity index (χ4n) is 3.25. The molecule has 0 aliphatic heterocycles. The van der Waals surface area contributed by atoms with Gasteiger partial charge in [-0.25, -0.2) is 5.43 Å². The highest BCUT2D eigenvalue weighted by atomic mass is 35.5. The zero-order chi connectivity index (χ0) is 24.5. The number of nitrogens with zero attached hydrogens (tertiary/aromatic N) is 1. The maximum absolute atomic E-state index is 12.7. The first kappa shape index (κ1) is 24.0. The van der Waals surface area contributed by atoms with Crippen LogP contribution in [0.4, 0.5) is 0 Å². The molecule has 6 heteroatoms. The lowest BCUT2D eigenvalue weighted by atomic mass is 10.2. The lowest BCUT2D eigenvalue weighted by Crippen LogP contribution is -2.18. The summed E-state index contributed by atoms with van der Waals surface area (Å²) in [6.45, 7) is 2.88. The molecule has 0 aliphatic rings. The third-order valence-corrected chi connectivity index (χ3v) is 5.48. The maximum Gasteiger partial charge on any atom is 0.275 e. The molecule has 0 spiro atoms. The predicted octanol–water partition coefficient (Wildman–Crippen LogP) is 6.57. The number of hydrazone groups is 1. The van der Waals surface area contributed by atoms with Crippen LogP contribution in [0.1, 0.15) is 32.6 Å². The van der Waals surface area contributed by atoms with Crippen LogP contribution in [0.15, 0.2) is 102 Å². The minimum Gasteiger partial charge on any atom is -0.489 e. The zero-order valence-corrected chi connectivity index (χ0v) is 20.0. The molecule has 0 saturated carbocycles. The van der Waals surface area contributed by atoms with Gasteiger partial charge in [0.1, 0.15) is 24.7 Å². The number of hydrogen-bond donors (Lipinski definition) is 1. The number of aryl methyl sites for hydroxylation is 1. The number of hydrogen-bond acceptors (Lipinski definition) is 4. The van der Waals surface area contributed by atoms with Crippen LogP contribution in [0.2, 0.25) is 5.02 Å². The quantitative estimate of drug-likeness (QED) is 0.216. The summed E-state index contributed by atoms with van der Waals surface area (Å²) in [5.74, 6) is 0.884. The van der Waals surface area contributed by atoms with Crippen LogP contribution in [-0.4, -0.2) is 12.1 Å². The van der Waals surface area contributed by atoms with E-state index in [2.05, 4.69) is 41.7 Å². The van der Waals surface area contributed by atoms with Crippen molar-refractivity contribution in [3.8, 4) is 11.5 Å². The molecule has 35 heavy (non-hydrogen) atoms. The van der Waals surface area contributed by atoms with Crippen molar-refractivity contribution in [2.24, 2.45) is 5.10 Å². The number of nitrogens with one attached hydrogen (secondary N) is 1. The zero-order valence-electron chi connectivity index (χ0n) is 19.3. The van der Waals surface area contributed by atoms with Crippen LogP contribution < -0.4 is 14.9 Å². The molecule has 4 aromatic carbocycles. The van der Waals surface area contributed by atoms with Crippen LogP contribution in [-0.2, 0) is 13.2 Å². The van der Waals surface area contributed by atoms with Crippen molar-refractivity contribution >= 4 is 23.7 Å². The second-order valence-electron chi connectivity index (χ2n) is 7.95. The van der Waals surface area contributed by atoms with E-state index >= 15 is 0 Å². The molecular formula is C29H25ClN2O3. The van der Waals surface area contributed by atoms with Crippen LogP contribution in [0.5, 0.6) is 11.5 Å². The largest absolute Gasteiger partial charge is 0.489 e. The Hall–Kier alpha value is -4.09. The molecule has 176 valence electrons. The molecule has 5 nitrogen and oxygen atoms in total. The van der Waals surface area contributed by atoms with Crippen LogP contribution >= 0.6 is 11.6 Å². The second-order valence-corrected chi connectivity index (χ2v) is 8.39. The van der Waals surface area contributed by atoms with Crippen molar-refractivity contribution in [3.05, 3.63) is 130 Å². The molecule has 4 rings (SSSR count). The molecule has 0 unspecified atom stereocenters. The summed E-state index contributed by atoms with van der Waals surface area (Å²) in [4.78, 5) is 12.7. The minimum absolute atomic E-state index is 0.322. The summed E-state index contributed by atoms with van der Waals surface area (Å²) < 4.78 is 11.7. The summed E-state index contributed by atoms with van der Waals surface area (Å²) >= 11 is 5.92. The number of amides is 1. The van der Waals surface area contributed by atoms with E-state index in [0.717, 1.165) is 22.4 Å². The Labute approximate surface area is 210 Å². The number of ether oxygens (including phenoxy) is 2. The van der Waals surface area contributed by atoms with Crippen molar-refractivity contribution in [1.82, 2.24) is 5.43 Å². The molecular weight excluding hydrogens is 460 g/mol. The van der Waals surface area contributed by atoms with Gasteiger partial charge in [-0.05, 0) is 72.1 Å². The number of carbonyl (C=O) groups is 1. The van der Waals surface area contributed by atoms with E-state index in [9.17, 15) is 4.79 Å². The van der Waals surface area contributed by atoms with Gasteiger partial charge < -0.3 is 9.47 Å². The van der Waals surface area contributed by atoms with E-state index in [1.807, 2.05) is 42.5 Å². The molecule has 0 atom stereocenters.